The van der Waals surface area contributed by atoms with Gasteiger partial charge in [0, 0.05) is 18.8 Å². The van der Waals surface area contributed by atoms with E-state index in [-0.39, 0.29) is 11.9 Å². The Morgan fingerprint density at radius 1 is 1.50 bits per heavy atom. The minimum Gasteiger partial charge on any atom is -0.436 e. The molecule has 1 N–H and O–H groups in total. The van der Waals surface area contributed by atoms with Crippen molar-refractivity contribution in [2.45, 2.75) is 45.6 Å². The Kier molecular flexibility index (Phi) is 4.27. The number of hydrogen-bond acceptors (Lipinski definition) is 3. The normalized spacial score (nSPS) is 23.9. The van der Waals surface area contributed by atoms with E-state index in [1.807, 2.05) is 0 Å². The number of carbonyl (C=O) groups is 1. The van der Waals surface area contributed by atoms with Crippen LogP contribution in [-0.2, 0) is 0 Å². The zero-order valence-electron chi connectivity index (χ0n) is 10.8. The van der Waals surface area contributed by atoms with E-state index in [9.17, 15) is 4.79 Å². The van der Waals surface area contributed by atoms with Gasteiger partial charge in [-0.05, 0) is 32.1 Å². The minimum absolute atomic E-state index is 0.159. The smallest absolute Gasteiger partial charge is 0.289 e. The van der Waals surface area contributed by atoms with Crippen LogP contribution in [0.15, 0.2) is 4.42 Å². The highest BCUT2D eigenvalue weighted by Gasteiger charge is 2.25. The molecular formula is C13H19ClN2O2. The third-order valence-electron chi connectivity index (χ3n) is 3.45. The number of halogens is 1. The number of alkyl halides is 1. The Bertz CT molecular complexity index is 431. The molecule has 2 unspecified atom stereocenters. The fourth-order valence-electron chi connectivity index (χ4n) is 2.56. The Labute approximate surface area is 112 Å². The summed E-state index contributed by atoms with van der Waals surface area (Å²) in [6, 6.07) is 0.208. The van der Waals surface area contributed by atoms with Crippen molar-refractivity contribution in [3.63, 3.8) is 0 Å². The van der Waals surface area contributed by atoms with Crippen LogP contribution in [0.1, 0.15) is 47.8 Å². The van der Waals surface area contributed by atoms with Crippen LogP contribution in [0.25, 0.3) is 0 Å². The van der Waals surface area contributed by atoms with Crippen LogP contribution in [0, 0.1) is 19.8 Å². The number of nitrogens with one attached hydrogen (secondary N) is 1. The Hall–Kier alpha value is -1.03. The van der Waals surface area contributed by atoms with Gasteiger partial charge in [-0.2, -0.15) is 0 Å². The van der Waals surface area contributed by atoms with Crippen LogP contribution < -0.4 is 5.32 Å². The second-order valence-electron chi connectivity index (χ2n) is 5.00. The summed E-state index contributed by atoms with van der Waals surface area (Å²) in [7, 11) is 0. The van der Waals surface area contributed by atoms with Gasteiger partial charge in [0.05, 0.1) is 5.69 Å². The summed E-state index contributed by atoms with van der Waals surface area (Å²) in [5.74, 6) is 1.89. The molecule has 1 saturated carbocycles. The predicted octanol–water partition coefficient (Wildman–Crippen LogP) is 2.82. The van der Waals surface area contributed by atoms with Crippen LogP contribution in [0.5, 0.6) is 0 Å². The molecule has 1 aromatic rings. The van der Waals surface area contributed by atoms with Gasteiger partial charge >= 0.3 is 0 Å². The van der Waals surface area contributed by atoms with Gasteiger partial charge in [-0.3, -0.25) is 4.79 Å². The zero-order chi connectivity index (χ0) is 13.1. The Morgan fingerprint density at radius 3 is 2.89 bits per heavy atom. The molecule has 1 heterocycles. The van der Waals surface area contributed by atoms with E-state index in [4.69, 9.17) is 16.0 Å². The second kappa shape index (κ2) is 5.74. The molecule has 0 saturated heterocycles. The van der Waals surface area contributed by atoms with Gasteiger partial charge in [0.1, 0.15) is 0 Å². The quantitative estimate of drug-likeness (QED) is 0.860. The third-order valence-corrected chi connectivity index (χ3v) is 3.88. The molecule has 2 rings (SSSR count). The van der Waals surface area contributed by atoms with Crippen LogP contribution in [0.4, 0.5) is 0 Å². The molecule has 18 heavy (non-hydrogen) atoms. The molecule has 0 spiro atoms. The molecule has 1 fully saturated rings. The summed E-state index contributed by atoms with van der Waals surface area (Å²) < 4.78 is 5.32. The summed E-state index contributed by atoms with van der Waals surface area (Å²) >= 11 is 5.89. The van der Waals surface area contributed by atoms with Gasteiger partial charge in [-0.25, -0.2) is 4.98 Å². The van der Waals surface area contributed by atoms with Crippen LogP contribution >= 0.6 is 11.6 Å². The number of carbonyl (C=O) groups excluding carboxylic acids is 1. The van der Waals surface area contributed by atoms with Gasteiger partial charge in [0.2, 0.25) is 5.76 Å². The molecule has 1 aliphatic rings. The number of nitrogens with zero attached hydrogens (tertiary/aromatic N) is 1. The fourth-order valence-corrected chi connectivity index (χ4v) is 2.84. The molecule has 0 aliphatic heterocycles. The molecule has 1 aromatic heterocycles. The van der Waals surface area contributed by atoms with E-state index < -0.39 is 0 Å². The zero-order valence-corrected chi connectivity index (χ0v) is 11.6. The lowest BCUT2D eigenvalue weighted by atomic mass is 9.87. The maximum Gasteiger partial charge on any atom is 0.289 e. The van der Waals surface area contributed by atoms with Crippen molar-refractivity contribution in [3.05, 3.63) is 17.3 Å². The lowest BCUT2D eigenvalue weighted by Crippen LogP contribution is -2.38. The van der Waals surface area contributed by atoms with Crippen molar-refractivity contribution in [2.75, 3.05) is 5.88 Å². The van der Waals surface area contributed by atoms with Crippen LogP contribution in [0.3, 0.4) is 0 Å². The molecule has 0 radical (unpaired) electrons. The second-order valence-corrected chi connectivity index (χ2v) is 5.31. The molecule has 1 aliphatic carbocycles. The summed E-state index contributed by atoms with van der Waals surface area (Å²) in [5, 5.41) is 3.02. The van der Waals surface area contributed by atoms with E-state index in [1.54, 1.807) is 13.8 Å². The first-order valence-corrected chi connectivity index (χ1v) is 6.94. The number of amides is 1. The largest absolute Gasteiger partial charge is 0.436 e. The summed E-state index contributed by atoms with van der Waals surface area (Å²) in [5.41, 5.74) is 0.648. The molecule has 0 bridgehead atoms. The van der Waals surface area contributed by atoms with Crippen molar-refractivity contribution in [1.82, 2.24) is 10.3 Å². The molecule has 2 atom stereocenters. The van der Waals surface area contributed by atoms with E-state index in [1.165, 1.54) is 0 Å². The minimum atomic E-state index is -0.159. The standard InChI is InChI=1S/C13H19ClN2O2/c1-8-12(18-9(2)15-8)13(17)16-11-5-3-4-10(6-11)7-14/h10-11H,3-7H2,1-2H3,(H,16,17). The first-order valence-electron chi connectivity index (χ1n) is 6.41. The molecule has 100 valence electrons. The highest BCUT2D eigenvalue weighted by Crippen LogP contribution is 2.25. The Balaban J connectivity index is 1.97. The summed E-state index contributed by atoms with van der Waals surface area (Å²) in [4.78, 5) is 16.2. The van der Waals surface area contributed by atoms with Crippen LogP contribution in [-0.4, -0.2) is 22.8 Å². The summed E-state index contributed by atoms with van der Waals surface area (Å²) in [6.07, 6.45) is 4.26. The Morgan fingerprint density at radius 2 is 2.28 bits per heavy atom. The van der Waals surface area contributed by atoms with Crippen molar-refractivity contribution in [3.8, 4) is 0 Å². The van der Waals surface area contributed by atoms with Gasteiger partial charge < -0.3 is 9.73 Å². The molecular weight excluding hydrogens is 252 g/mol. The molecule has 5 heteroatoms. The van der Waals surface area contributed by atoms with Crippen molar-refractivity contribution in [1.29, 1.82) is 0 Å². The topological polar surface area (TPSA) is 55.1 Å². The number of aromatic nitrogens is 1. The van der Waals surface area contributed by atoms with E-state index in [0.29, 0.717) is 29.1 Å². The first-order chi connectivity index (χ1) is 8.60. The van der Waals surface area contributed by atoms with Gasteiger partial charge in [0.25, 0.3) is 5.91 Å². The lowest BCUT2D eigenvalue weighted by Gasteiger charge is -2.28. The van der Waals surface area contributed by atoms with Gasteiger partial charge in [0.15, 0.2) is 5.89 Å². The molecule has 4 nitrogen and oxygen atoms in total. The number of rotatable bonds is 3. The van der Waals surface area contributed by atoms with Crippen molar-refractivity contribution < 1.29 is 9.21 Å². The van der Waals surface area contributed by atoms with Gasteiger partial charge in [-0.15, -0.1) is 11.6 Å². The van der Waals surface area contributed by atoms with Gasteiger partial charge in [-0.1, -0.05) is 6.42 Å². The average Bonchev–Trinajstić information content (AvgIpc) is 2.69. The lowest BCUT2D eigenvalue weighted by molar-refractivity contribution is 0.0891. The highest BCUT2D eigenvalue weighted by molar-refractivity contribution is 6.18. The monoisotopic (exact) mass is 270 g/mol. The predicted molar refractivity (Wildman–Crippen MR) is 69.9 cm³/mol. The fraction of sp³-hybridized carbons (Fsp3) is 0.692. The molecule has 1 amide bonds. The third kappa shape index (κ3) is 3.05. The highest BCUT2D eigenvalue weighted by atomic mass is 35.5. The molecule has 0 aromatic carbocycles. The number of aryl methyl sites for hydroxylation is 2. The van der Waals surface area contributed by atoms with Crippen molar-refractivity contribution >= 4 is 17.5 Å². The van der Waals surface area contributed by atoms with Crippen LogP contribution in [0.2, 0.25) is 0 Å². The maximum absolute atomic E-state index is 12.1. The summed E-state index contributed by atoms with van der Waals surface area (Å²) in [6.45, 7) is 3.53. The average molecular weight is 271 g/mol. The number of hydrogen-bond donors (Lipinski definition) is 1. The van der Waals surface area contributed by atoms with E-state index in [2.05, 4.69) is 10.3 Å². The SMILES string of the molecule is Cc1nc(C)c(C(=O)NC2CCCC(CCl)C2)o1. The number of oxazole rings is 1. The van der Waals surface area contributed by atoms with E-state index >= 15 is 0 Å². The van der Waals surface area contributed by atoms with Crippen molar-refractivity contribution in [2.24, 2.45) is 5.92 Å². The first kappa shape index (κ1) is 13.4. The van der Waals surface area contributed by atoms with E-state index in [0.717, 1.165) is 25.7 Å². The maximum atomic E-state index is 12.1.